The first-order chi connectivity index (χ1) is 16.3. The molecule has 3 aromatic carbocycles. The summed E-state index contributed by atoms with van der Waals surface area (Å²) in [6.45, 7) is 1.78. The number of aryl methyl sites for hydroxylation is 1. The van der Waals surface area contributed by atoms with Crippen LogP contribution in [-0.2, 0) is 16.0 Å². The zero-order valence-electron chi connectivity index (χ0n) is 18.5. The molecule has 2 saturated heterocycles. The zero-order valence-corrected chi connectivity index (χ0v) is 18.5. The Morgan fingerprint density at radius 2 is 1.82 bits per heavy atom. The SMILES string of the molecule is Cc1ccc2cc(Cc3ccc(O)cc3)cc(C3NN(C(=O)O)C4CNC(=O)CN4C3=O)c2c1. The fourth-order valence-corrected chi connectivity index (χ4v) is 4.67. The largest absolute Gasteiger partial charge is 0.508 e. The molecule has 5 rings (SSSR count). The van der Waals surface area contributed by atoms with Gasteiger partial charge >= 0.3 is 6.09 Å². The lowest BCUT2D eigenvalue weighted by atomic mass is 9.91. The lowest BCUT2D eigenvalue weighted by Crippen LogP contribution is -2.72. The molecule has 0 aromatic heterocycles. The van der Waals surface area contributed by atoms with Gasteiger partial charge in [-0.1, -0.05) is 48.0 Å². The monoisotopic (exact) mass is 460 g/mol. The van der Waals surface area contributed by atoms with Crippen LogP contribution in [0, 0.1) is 6.92 Å². The maximum absolute atomic E-state index is 13.5. The molecule has 9 nitrogen and oxygen atoms in total. The number of nitrogens with zero attached hydrogens (tertiary/aromatic N) is 2. The van der Waals surface area contributed by atoms with Crippen LogP contribution in [0.5, 0.6) is 5.75 Å². The van der Waals surface area contributed by atoms with E-state index in [2.05, 4.69) is 10.7 Å². The molecule has 3 amide bonds. The number of carboxylic acid groups (broad SMARTS) is 1. The van der Waals surface area contributed by atoms with Crippen LogP contribution in [0.25, 0.3) is 10.8 Å². The number of aromatic hydroxyl groups is 1. The predicted octanol–water partition coefficient (Wildman–Crippen LogP) is 2.27. The number of phenols is 1. The zero-order chi connectivity index (χ0) is 24.0. The molecule has 9 heteroatoms. The van der Waals surface area contributed by atoms with Crippen LogP contribution in [0.1, 0.15) is 28.3 Å². The van der Waals surface area contributed by atoms with Crippen molar-refractivity contribution in [3.05, 3.63) is 76.9 Å². The molecule has 0 bridgehead atoms. The molecule has 0 saturated carbocycles. The topological polar surface area (TPSA) is 122 Å². The molecule has 0 radical (unpaired) electrons. The van der Waals surface area contributed by atoms with Crippen molar-refractivity contribution in [3.8, 4) is 5.75 Å². The summed E-state index contributed by atoms with van der Waals surface area (Å²) in [7, 11) is 0. The normalized spacial score (nSPS) is 20.3. The van der Waals surface area contributed by atoms with Gasteiger partial charge in [-0.25, -0.2) is 15.2 Å². The van der Waals surface area contributed by atoms with Crippen molar-refractivity contribution in [2.24, 2.45) is 0 Å². The molecule has 2 unspecified atom stereocenters. The first-order valence-electron chi connectivity index (χ1n) is 11.0. The van der Waals surface area contributed by atoms with Crippen LogP contribution in [0.15, 0.2) is 54.6 Å². The third-order valence-electron chi connectivity index (χ3n) is 6.32. The Morgan fingerprint density at radius 1 is 1.06 bits per heavy atom. The summed E-state index contributed by atoms with van der Waals surface area (Å²) in [5, 5.41) is 24.8. The number of fused-ring (bicyclic) bond motifs is 2. The fraction of sp³-hybridized carbons (Fsp3) is 0.240. The number of hydrogen-bond acceptors (Lipinski definition) is 5. The van der Waals surface area contributed by atoms with Crippen molar-refractivity contribution in [1.82, 2.24) is 20.7 Å². The van der Waals surface area contributed by atoms with E-state index in [1.54, 1.807) is 12.1 Å². The Kier molecular flexibility index (Phi) is 5.33. The van der Waals surface area contributed by atoms with Gasteiger partial charge in [0.25, 0.3) is 0 Å². The van der Waals surface area contributed by atoms with Crippen LogP contribution in [0.3, 0.4) is 0 Å². The van der Waals surface area contributed by atoms with Gasteiger partial charge in [-0.15, -0.1) is 0 Å². The van der Waals surface area contributed by atoms with E-state index in [1.165, 1.54) is 4.90 Å². The molecule has 2 fully saturated rings. The van der Waals surface area contributed by atoms with Gasteiger partial charge in [0.15, 0.2) is 0 Å². The summed E-state index contributed by atoms with van der Waals surface area (Å²) in [6.07, 6.45) is -1.48. The molecule has 3 aromatic rings. The fourth-order valence-electron chi connectivity index (χ4n) is 4.67. The molecule has 0 aliphatic carbocycles. The molecule has 34 heavy (non-hydrogen) atoms. The van der Waals surface area contributed by atoms with E-state index in [0.717, 1.165) is 32.5 Å². The highest BCUT2D eigenvalue weighted by atomic mass is 16.4. The molecule has 2 heterocycles. The van der Waals surface area contributed by atoms with Crippen molar-refractivity contribution < 1.29 is 24.6 Å². The number of piperazine rings is 1. The van der Waals surface area contributed by atoms with Crippen LogP contribution < -0.4 is 10.7 Å². The Labute approximate surface area is 195 Å². The number of amides is 3. The average Bonchev–Trinajstić information content (AvgIpc) is 2.81. The standard InChI is InChI=1S/C25H24N4O5/c1-14-2-5-17-10-16(9-15-3-6-18(30)7-4-15)11-20(19(17)8-14)23-24(32)28-13-21(31)26-12-22(28)29(27-23)25(33)34/h2-8,10-11,22-23,27,30H,9,12-13H2,1H3,(H,26,31)(H,33,34). The minimum atomic E-state index is -1.23. The Hall–Kier alpha value is -4.11. The molecule has 4 N–H and O–H groups in total. The summed E-state index contributed by atoms with van der Waals surface area (Å²) in [5.74, 6) is -0.483. The van der Waals surface area contributed by atoms with E-state index in [0.29, 0.717) is 12.0 Å². The van der Waals surface area contributed by atoms with Crippen LogP contribution >= 0.6 is 0 Å². The minimum Gasteiger partial charge on any atom is -0.508 e. The molecule has 0 spiro atoms. The minimum absolute atomic E-state index is 0.0251. The number of hydrazine groups is 1. The smallest absolute Gasteiger partial charge is 0.423 e. The number of hydrogen-bond donors (Lipinski definition) is 4. The lowest BCUT2D eigenvalue weighted by molar-refractivity contribution is -0.158. The van der Waals surface area contributed by atoms with Crippen molar-refractivity contribution in [2.75, 3.05) is 13.1 Å². The van der Waals surface area contributed by atoms with Crippen molar-refractivity contribution in [3.63, 3.8) is 0 Å². The number of nitrogens with one attached hydrogen (secondary N) is 2. The first-order valence-corrected chi connectivity index (χ1v) is 11.0. The first kappa shape index (κ1) is 21.7. The summed E-state index contributed by atoms with van der Waals surface area (Å²) in [6, 6.07) is 15.8. The number of benzene rings is 3. The Morgan fingerprint density at radius 3 is 2.56 bits per heavy atom. The van der Waals surface area contributed by atoms with Gasteiger partial charge in [0.05, 0.1) is 6.54 Å². The second kappa shape index (κ2) is 8.35. The van der Waals surface area contributed by atoms with Crippen LogP contribution in [-0.4, -0.2) is 57.3 Å². The van der Waals surface area contributed by atoms with Gasteiger partial charge in [-0.2, -0.15) is 0 Å². The molecular weight excluding hydrogens is 436 g/mol. The van der Waals surface area contributed by atoms with Gasteiger partial charge in [0, 0.05) is 0 Å². The average molecular weight is 460 g/mol. The van der Waals surface area contributed by atoms with Crippen LogP contribution in [0.4, 0.5) is 4.79 Å². The number of rotatable bonds is 3. The van der Waals surface area contributed by atoms with Gasteiger partial charge < -0.3 is 20.4 Å². The summed E-state index contributed by atoms with van der Waals surface area (Å²) >= 11 is 0. The van der Waals surface area contributed by atoms with Crippen molar-refractivity contribution in [2.45, 2.75) is 25.6 Å². The number of carbonyl (C=O) groups is 3. The highest BCUT2D eigenvalue weighted by Gasteiger charge is 2.46. The molecule has 2 atom stereocenters. The maximum Gasteiger partial charge on any atom is 0.423 e. The number of phenolic OH excluding ortho intramolecular Hbond substituents is 1. The van der Waals surface area contributed by atoms with Crippen LogP contribution in [0.2, 0.25) is 0 Å². The molecule has 174 valence electrons. The predicted molar refractivity (Wildman–Crippen MR) is 124 cm³/mol. The summed E-state index contributed by atoms with van der Waals surface area (Å²) < 4.78 is 0. The second-order valence-electron chi connectivity index (χ2n) is 8.72. The van der Waals surface area contributed by atoms with Gasteiger partial charge in [-0.3, -0.25) is 9.59 Å². The summed E-state index contributed by atoms with van der Waals surface area (Å²) in [5.41, 5.74) is 6.48. The van der Waals surface area contributed by atoms with E-state index in [1.807, 2.05) is 49.4 Å². The maximum atomic E-state index is 13.5. The Balaban J connectivity index is 1.61. The third-order valence-corrected chi connectivity index (χ3v) is 6.32. The van der Waals surface area contributed by atoms with Crippen molar-refractivity contribution in [1.29, 1.82) is 0 Å². The molecule has 2 aliphatic heterocycles. The van der Waals surface area contributed by atoms with E-state index in [4.69, 9.17) is 0 Å². The number of carbonyl (C=O) groups excluding carboxylic acids is 2. The van der Waals surface area contributed by atoms with E-state index in [-0.39, 0.29) is 30.7 Å². The molecular formula is C25H24N4O5. The highest BCUT2D eigenvalue weighted by Crippen LogP contribution is 2.33. The van der Waals surface area contributed by atoms with E-state index in [9.17, 15) is 24.6 Å². The Bertz CT molecular complexity index is 1310. The lowest BCUT2D eigenvalue weighted by Gasteiger charge is -2.47. The summed E-state index contributed by atoms with van der Waals surface area (Å²) in [4.78, 5) is 38.9. The van der Waals surface area contributed by atoms with Gasteiger partial charge in [0.2, 0.25) is 11.8 Å². The van der Waals surface area contributed by atoms with E-state index < -0.39 is 18.3 Å². The van der Waals surface area contributed by atoms with Gasteiger partial charge in [0.1, 0.15) is 24.5 Å². The second-order valence-corrected chi connectivity index (χ2v) is 8.72. The quantitative estimate of drug-likeness (QED) is 0.476. The van der Waals surface area contributed by atoms with Gasteiger partial charge in [-0.05, 0) is 52.9 Å². The van der Waals surface area contributed by atoms with E-state index >= 15 is 0 Å². The third kappa shape index (κ3) is 3.90. The van der Waals surface area contributed by atoms with Crippen molar-refractivity contribution >= 4 is 28.7 Å². The molecule has 2 aliphatic rings. The highest BCUT2D eigenvalue weighted by molar-refractivity contribution is 5.96.